The van der Waals surface area contributed by atoms with Gasteiger partial charge >= 0.3 is 0 Å². The third-order valence-electron chi connectivity index (χ3n) is 5.37. The highest BCUT2D eigenvalue weighted by molar-refractivity contribution is 7.18. The van der Waals surface area contributed by atoms with Crippen LogP contribution in [0.1, 0.15) is 15.4 Å². The third kappa shape index (κ3) is 3.81. The molecular formula is C23H22N4OS. The topological polar surface area (TPSA) is 41.4 Å². The van der Waals surface area contributed by atoms with Crippen molar-refractivity contribution in [1.29, 1.82) is 0 Å². The predicted molar refractivity (Wildman–Crippen MR) is 117 cm³/mol. The van der Waals surface area contributed by atoms with Gasteiger partial charge < -0.3 is 9.47 Å². The molecule has 4 aromatic rings. The lowest BCUT2D eigenvalue weighted by molar-refractivity contribution is 0.0628. The number of hydrogen-bond acceptors (Lipinski definition) is 4. The van der Waals surface area contributed by atoms with Gasteiger partial charge in [0.25, 0.3) is 5.91 Å². The molecule has 0 spiro atoms. The summed E-state index contributed by atoms with van der Waals surface area (Å²) < 4.78 is 3.27. The molecule has 0 N–H and O–H groups in total. The average Bonchev–Trinajstić information content (AvgIpc) is 3.43. The van der Waals surface area contributed by atoms with Gasteiger partial charge in [-0.2, -0.15) is 0 Å². The van der Waals surface area contributed by atoms with Crippen LogP contribution in [0.15, 0.2) is 73.1 Å². The molecule has 6 heteroatoms. The van der Waals surface area contributed by atoms with Crippen LogP contribution in [-0.2, 0) is 6.54 Å². The Bertz CT molecular complexity index is 1080. The molecule has 29 heavy (non-hydrogen) atoms. The van der Waals surface area contributed by atoms with E-state index in [4.69, 9.17) is 4.98 Å². The monoisotopic (exact) mass is 402 g/mol. The zero-order valence-corrected chi connectivity index (χ0v) is 16.9. The van der Waals surface area contributed by atoms with E-state index in [0.717, 1.165) is 54.5 Å². The van der Waals surface area contributed by atoms with Crippen molar-refractivity contribution in [3.05, 3.63) is 83.6 Å². The van der Waals surface area contributed by atoms with Crippen molar-refractivity contribution in [1.82, 2.24) is 19.4 Å². The molecule has 1 aliphatic rings. The zero-order valence-electron chi connectivity index (χ0n) is 16.1. The van der Waals surface area contributed by atoms with Gasteiger partial charge in [0.2, 0.25) is 0 Å². The molecule has 0 bridgehead atoms. The molecule has 5 nitrogen and oxygen atoms in total. The Balaban J connectivity index is 1.19. The molecule has 2 aromatic carbocycles. The molecule has 146 valence electrons. The second-order valence-corrected chi connectivity index (χ2v) is 8.40. The molecule has 0 atom stereocenters. The summed E-state index contributed by atoms with van der Waals surface area (Å²) in [5, 5.41) is 1.14. The van der Waals surface area contributed by atoms with Gasteiger partial charge in [-0.05, 0) is 48.5 Å². The van der Waals surface area contributed by atoms with Crippen molar-refractivity contribution in [3.63, 3.8) is 0 Å². The summed E-state index contributed by atoms with van der Waals surface area (Å²) in [4.78, 5) is 21.9. The van der Waals surface area contributed by atoms with Crippen molar-refractivity contribution in [2.24, 2.45) is 0 Å². The number of carbonyl (C=O) groups is 1. The summed E-state index contributed by atoms with van der Waals surface area (Å²) >= 11 is 1.76. The lowest BCUT2D eigenvalue weighted by atomic mass is 10.1. The minimum atomic E-state index is 0.115. The van der Waals surface area contributed by atoms with Crippen LogP contribution in [0.25, 0.3) is 15.9 Å². The highest BCUT2D eigenvalue weighted by Gasteiger charge is 2.22. The number of piperazine rings is 1. The van der Waals surface area contributed by atoms with Crippen LogP contribution < -0.4 is 0 Å². The summed E-state index contributed by atoms with van der Waals surface area (Å²) in [7, 11) is 0. The summed E-state index contributed by atoms with van der Waals surface area (Å²) in [5.74, 6) is 0.115. The largest absolute Gasteiger partial charge is 0.336 e. The normalized spacial score (nSPS) is 15.1. The Hall–Kier alpha value is -2.96. The van der Waals surface area contributed by atoms with Gasteiger partial charge in [0.1, 0.15) is 5.01 Å². The minimum Gasteiger partial charge on any atom is -0.336 e. The van der Waals surface area contributed by atoms with Gasteiger partial charge in [0, 0.05) is 49.8 Å². The maximum Gasteiger partial charge on any atom is 0.253 e. The Labute approximate surface area is 173 Å². The highest BCUT2D eigenvalue weighted by atomic mass is 32.1. The van der Waals surface area contributed by atoms with Crippen molar-refractivity contribution in [2.45, 2.75) is 6.54 Å². The second-order valence-electron chi connectivity index (χ2n) is 7.28. The van der Waals surface area contributed by atoms with Crippen molar-refractivity contribution >= 4 is 27.5 Å². The van der Waals surface area contributed by atoms with Crippen LogP contribution in [0.2, 0.25) is 0 Å². The van der Waals surface area contributed by atoms with Gasteiger partial charge in [0.15, 0.2) is 0 Å². The summed E-state index contributed by atoms with van der Waals surface area (Å²) in [6, 6.07) is 20.1. The molecule has 1 aliphatic heterocycles. The number of hydrogen-bond donors (Lipinski definition) is 0. The van der Waals surface area contributed by atoms with Gasteiger partial charge in [-0.3, -0.25) is 9.69 Å². The van der Waals surface area contributed by atoms with E-state index in [1.165, 1.54) is 4.70 Å². The lowest BCUT2D eigenvalue weighted by Gasteiger charge is -2.34. The van der Waals surface area contributed by atoms with Gasteiger partial charge in [-0.15, -0.1) is 11.3 Å². The Morgan fingerprint density at radius 2 is 1.62 bits per heavy atom. The number of amides is 1. The first kappa shape index (κ1) is 18.1. The van der Waals surface area contributed by atoms with Gasteiger partial charge in [0.05, 0.1) is 16.8 Å². The zero-order chi connectivity index (χ0) is 19.6. The highest BCUT2D eigenvalue weighted by Crippen LogP contribution is 2.23. The van der Waals surface area contributed by atoms with Crippen LogP contribution in [-0.4, -0.2) is 51.4 Å². The fraction of sp³-hybridized carbons (Fsp3) is 0.217. The fourth-order valence-corrected chi connectivity index (χ4v) is 4.76. The van der Waals surface area contributed by atoms with E-state index < -0.39 is 0 Å². The quantitative estimate of drug-likeness (QED) is 0.517. The van der Waals surface area contributed by atoms with E-state index in [-0.39, 0.29) is 5.91 Å². The molecule has 0 unspecified atom stereocenters. The van der Waals surface area contributed by atoms with Crippen LogP contribution >= 0.6 is 11.3 Å². The Kier molecular flexibility index (Phi) is 4.87. The van der Waals surface area contributed by atoms with E-state index >= 15 is 0 Å². The van der Waals surface area contributed by atoms with Gasteiger partial charge in [-0.25, -0.2) is 4.98 Å². The third-order valence-corrected chi connectivity index (χ3v) is 6.39. The summed E-state index contributed by atoms with van der Waals surface area (Å²) in [6.07, 6.45) is 4.00. The molecule has 3 heterocycles. The lowest BCUT2D eigenvalue weighted by Crippen LogP contribution is -2.48. The fourth-order valence-electron chi connectivity index (χ4n) is 3.75. The SMILES string of the molecule is O=C(c1ccc(-n2cccc2)cc1)N1CCN(Cc2nc3ccccc3s2)CC1. The number of thiazole rings is 1. The first-order valence-corrected chi connectivity index (χ1v) is 10.7. The van der Waals surface area contributed by atoms with E-state index in [1.807, 2.05) is 64.3 Å². The van der Waals surface area contributed by atoms with Crippen LogP contribution in [0.4, 0.5) is 0 Å². The van der Waals surface area contributed by atoms with E-state index in [0.29, 0.717) is 0 Å². The first-order valence-electron chi connectivity index (χ1n) is 9.86. The number of rotatable bonds is 4. The number of aromatic nitrogens is 2. The molecular weight excluding hydrogens is 380 g/mol. The number of benzene rings is 2. The molecule has 1 fully saturated rings. The Morgan fingerprint density at radius 1 is 0.897 bits per heavy atom. The predicted octanol–water partition coefficient (Wildman–Crippen LogP) is 4.05. The maximum atomic E-state index is 12.9. The maximum absolute atomic E-state index is 12.9. The number of carbonyl (C=O) groups excluding carboxylic acids is 1. The van der Waals surface area contributed by atoms with Crippen LogP contribution in [0.3, 0.4) is 0 Å². The molecule has 0 aliphatic carbocycles. The number of para-hydroxylation sites is 1. The average molecular weight is 403 g/mol. The van der Waals surface area contributed by atoms with Crippen LogP contribution in [0.5, 0.6) is 0 Å². The molecule has 0 radical (unpaired) electrons. The van der Waals surface area contributed by atoms with Crippen molar-refractivity contribution < 1.29 is 4.79 Å². The minimum absolute atomic E-state index is 0.115. The number of nitrogens with zero attached hydrogens (tertiary/aromatic N) is 4. The molecule has 1 amide bonds. The molecule has 5 rings (SSSR count). The van der Waals surface area contributed by atoms with E-state index in [9.17, 15) is 4.79 Å². The smallest absolute Gasteiger partial charge is 0.253 e. The molecule has 1 saturated heterocycles. The Morgan fingerprint density at radius 3 is 2.34 bits per heavy atom. The van der Waals surface area contributed by atoms with E-state index in [1.54, 1.807) is 11.3 Å². The molecule has 2 aromatic heterocycles. The molecule has 0 saturated carbocycles. The second kappa shape index (κ2) is 7.81. The first-order chi connectivity index (χ1) is 14.3. The van der Waals surface area contributed by atoms with Gasteiger partial charge in [-0.1, -0.05) is 12.1 Å². The standard InChI is InChI=1S/C23H22N4OS/c28-23(18-7-9-19(10-8-18)26-11-3-4-12-26)27-15-13-25(14-16-27)17-22-24-20-5-1-2-6-21(20)29-22/h1-12H,13-17H2. The summed E-state index contributed by atoms with van der Waals surface area (Å²) in [5.41, 5.74) is 2.89. The summed E-state index contributed by atoms with van der Waals surface area (Å²) in [6.45, 7) is 4.12. The van der Waals surface area contributed by atoms with Crippen molar-refractivity contribution in [3.8, 4) is 5.69 Å². The van der Waals surface area contributed by atoms with E-state index in [2.05, 4.69) is 23.1 Å². The number of fused-ring (bicyclic) bond motifs is 1. The van der Waals surface area contributed by atoms with Crippen LogP contribution in [0, 0.1) is 0 Å². The van der Waals surface area contributed by atoms with Crippen molar-refractivity contribution in [2.75, 3.05) is 26.2 Å².